The Kier molecular flexibility index (Phi) is 6.77. The molecule has 0 unspecified atom stereocenters. The Morgan fingerprint density at radius 1 is 0.889 bits per heavy atom. The van der Waals surface area contributed by atoms with Gasteiger partial charge in [0.2, 0.25) is 0 Å². The molecule has 0 bridgehead atoms. The van der Waals surface area contributed by atoms with E-state index in [9.17, 15) is 0 Å². The Morgan fingerprint density at radius 2 is 1.59 bits per heavy atom. The number of nitrogens with one attached hydrogen (secondary N) is 1. The second-order valence-electron chi connectivity index (χ2n) is 6.87. The number of ether oxygens (including phenoxy) is 3. The van der Waals surface area contributed by atoms with Crippen LogP contribution in [0, 0.1) is 0 Å². The summed E-state index contributed by atoms with van der Waals surface area (Å²) in [6, 6.07) is 12.6. The van der Waals surface area contributed by atoms with E-state index in [2.05, 4.69) is 23.5 Å². The number of benzene rings is 2. The summed E-state index contributed by atoms with van der Waals surface area (Å²) in [7, 11) is 5.07. The highest BCUT2D eigenvalue weighted by atomic mass is 16.5. The maximum absolute atomic E-state index is 5.66. The maximum atomic E-state index is 5.66. The molecule has 144 valence electrons. The van der Waals surface area contributed by atoms with E-state index < -0.39 is 0 Å². The van der Waals surface area contributed by atoms with Crippen molar-refractivity contribution in [3.8, 4) is 17.2 Å². The molecule has 4 nitrogen and oxygen atoms in total. The molecule has 0 aromatic heterocycles. The average molecular weight is 367 g/mol. The Morgan fingerprint density at radius 3 is 2.22 bits per heavy atom. The van der Waals surface area contributed by atoms with E-state index >= 15 is 0 Å². The summed E-state index contributed by atoms with van der Waals surface area (Å²) in [5.41, 5.74) is 3.38. The van der Waals surface area contributed by atoms with Crippen molar-refractivity contribution in [3.63, 3.8) is 0 Å². The van der Waals surface area contributed by atoms with Crippen LogP contribution in [0.4, 0.5) is 0 Å². The summed E-state index contributed by atoms with van der Waals surface area (Å²) in [5.74, 6) is 2.51. The second kappa shape index (κ2) is 9.47. The van der Waals surface area contributed by atoms with Crippen LogP contribution in [-0.2, 0) is 6.54 Å². The lowest BCUT2D eigenvalue weighted by Gasteiger charge is -2.17. The maximum Gasteiger partial charge on any atom is 0.127 e. The van der Waals surface area contributed by atoms with Crippen LogP contribution >= 0.6 is 0 Å². The fourth-order valence-electron chi connectivity index (χ4n) is 3.56. The first kappa shape index (κ1) is 19.3. The Labute approximate surface area is 162 Å². The van der Waals surface area contributed by atoms with Gasteiger partial charge in [0.1, 0.15) is 17.2 Å². The molecule has 0 atom stereocenters. The molecule has 0 radical (unpaired) electrons. The van der Waals surface area contributed by atoms with E-state index in [4.69, 9.17) is 14.2 Å². The predicted octanol–water partition coefficient (Wildman–Crippen LogP) is 4.92. The molecule has 0 spiro atoms. The van der Waals surface area contributed by atoms with Gasteiger partial charge in [-0.15, -0.1) is 0 Å². The summed E-state index contributed by atoms with van der Waals surface area (Å²) in [6.07, 6.45) is 9.39. The van der Waals surface area contributed by atoms with E-state index in [0.717, 1.165) is 40.5 Å². The van der Waals surface area contributed by atoms with Crippen molar-refractivity contribution >= 4 is 12.2 Å². The summed E-state index contributed by atoms with van der Waals surface area (Å²) in [6.45, 7) is 0.792. The minimum atomic E-state index is 0.607. The van der Waals surface area contributed by atoms with Crippen molar-refractivity contribution in [1.82, 2.24) is 5.32 Å². The van der Waals surface area contributed by atoms with E-state index in [0.29, 0.717) is 6.04 Å². The normalized spacial score (nSPS) is 14.6. The van der Waals surface area contributed by atoms with Crippen molar-refractivity contribution in [2.24, 2.45) is 0 Å². The zero-order valence-corrected chi connectivity index (χ0v) is 16.5. The van der Waals surface area contributed by atoms with Crippen molar-refractivity contribution in [1.29, 1.82) is 0 Å². The topological polar surface area (TPSA) is 39.7 Å². The second-order valence-corrected chi connectivity index (χ2v) is 6.87. The quantitative estimate of drug-likeness (QED) is 0.673. The van der Waals surface area contributed by atoms with Crippen molar-refractivity contribution in [3.05, 3.63) is 53.1 Å². The summed E-state index contributed by atoms with van der Waals surface area (Å²) in [5, 5.41) is 3.69. The number of hydrogen-bond donors (Lipinski definition) is 1. The largest absolute Gasteiger partial charge is 0.497 e. The Bertz CT molecular complexity index is 762. The van der Waals surface area contributed by atoms with Gasteiger partial charge in [-0.3, -0.25) is 0 Å². The third kappa shape index (κ3) is 5.04. The van der Waals surface area contributed by atoms with Gasteiger partial charge in [-0.1, -0.05) is 37.1 Å². The molecule has 2 aromatic carbocycles. The lowest BCUT2D eigenvalue weighted by atomic mass is 10.0. The molecular formula is C23H29NO3. The molecule has 0 amide bonds. The monoisotopic (exact) mass is 367 g/mol. The van der Waals surface area contributed by atoms with Gasteiger partial charge in [-0.2, -0.15) is 0 Å². The SMILES string of the molecule is COc1ccc(/C=C/c2cc(OC)cc(OC)c2CNC2CCCC2)cc1. The minimum absolute atomic E-state index is 0.607. The summed E-state index contributed by atoms with van der Waals surface area (Å²) in [4.78, 5) is 0. The fraction of sp³-hybridized carbons (Fsp3) is 0.391. The highest BCUT2D eigenvalue weighted by molar-refractivity contribution is 5.73. The minimum Gasteiger partial charge on any atom is -0.497 e. The molecule has 1 saturated carbocycles. The molecule has 1 aliphatic carbocycles. The number of methoxy groups -OCH3 is 3. The van der Waals surface area contributed by atoms with Crippen LogP contribution in [0.25, 0.3) is 12.2 Å². The molecule has 2 aromatic rings. The van der Waals surface area contributed by atoms with Crippen LogP contribution in [0.3, 0.4) is 0 Å². The molecule has 3 rings (SSSR count). The first-order valence-electron chi connectivity index (χ1n) is 9.54. The Hall–Kier alpha value is -2.46. The van der Waals surface area contributed by atoms with E-state index in [1.54, 1.807) is 21.3 Å². The van der Waals surface area contributed by atoms with Gasteiger partial charge in [0.25, 0.3) is 0 Å². The van der Waals surface area contributed by atoms with Gasteiger partial charge in [-0.05, 0) is 42.2 Å². The van der Waals surface area contributed by atoms with Crippen molar-refractivity contribution < 1.29 is 14.2 Å². The molecule has 0 heterocycles. The van der Waals surface area contributed by atoms with Crippen LogP contribution < -0.4 is 19.5 Å². The van der Waals surface area contributed by atoms with Crippen LogP contribution in [0.15, 0.2) is 36.4 Å². The third-order valence-corrected chi connectivity index (χ3v) is 5.17. The van der Waals surface area contributed by atoms with Crippen LogP contribution in [0.5, 0.6) is 17.2 Å². The van der Waals surface area contributed by atoms with Crippen LogP contribution in [-0.4, -0.2) is 27.4 Å². The van der Waals surface area contributed by atoms with Gasteiger partial charge >= 0.3 is 0 Å². The van der Waals surface area contributed by atoms with Gasteiger partial charge < -0.3 is 19.5 Å². The van der Waals surface area contributed by atoms with Gasteiger partial charge in [0.15, 0.2) is 0 Å². The van der Waals surface area contributed by atoms with Gasteiger partial charge in [0.05, 0.1) is 21.3 Å². The van der Waals surface area contributed by atoms with Gasteiger partial charge in [-0.25, -0.2) is 0 Å². The highest BCUT2D eigenvalue weighted by Crippen LogP contribution is 2.31. The van der Waals surface area contributed by atoms with Gasteiger partial charge in [0, 0.05) is 24.2 Å². The molecule has 0 saturated heterocycles. The van der Waals surface area contributed by atoms with E-state index in [1.807, 2.05) is 30.3 Å². The number of hydrogen-bond acceptors (Lipinski definition) is 4. The van der Waals surface area contributed by atoms with E-state index in [1.165, 1.54) is 25.7 Å². The molecule has 4 heteroatoms. The molecule has 1 N–H and O–H groups in total. The molecule has 0 aliphatic heterocycles. The van der Waals surface area contributed by atoms with Crippen molar-refractivity contribution in [2.75, 3.05) is 21.3 Å². The molecular weight excluding hydrogens is 338 g/mol. The highest BCUT2D eigenvalue weighted by Gasteiger charge is 2.17. The first-order chi connectivity index (χ1) is 13.2. The lowest BCUT2D eigenvalue weighted by molar-refractivity contribution is 0.388. The van der Waals surface area contributed by atoms with Crippen LogP contribution in [0.1, 0.15) is 42.4 Å². The zero-order chi connectivity index (χ0) is 19.1. The summed E-state index contributed by atoms with van der Waals surface area (Å²) < 4.78 is 16.3. The zero-order valence-electron chi connectivity index (χ0n) is 16.5. The fourth-order valence-corrected chi connectivity index (χ4v) is 3.56. The van der Waals surface area contributed by atoms with Crippen molar-refractivity contribution in [2.45, 2.75) is 38.3 Å². The molecule has 1 aliphatic rings. The third-order valence-electron chi connectivity index (χ3n) is 5.17. The smallest absolute Gasteiger partial charge is 0.127 e. The lowest BCUT2D eigenvalue weighted by Crippen LogP contribution is -2.25. The standard InChI is InChI=1S/C23H29NO3/c1-25-20-12-9-17(10-13-20)8-11-18-14-21(26-2)15-23(27-3)22(18)16-24-19-6-4-5-7-19/h8-15,19,24H,4-7,16H2,1-3H3/b11-8+. The van der Waals surface area contributed by atoms with E-state index in [-0.39, 0.29) is 0 Å². The molecule has 1 fully saturated rings. The summed E-state index contributed by atoms with van der Waals surface area (Å²) >= 11 is 0. The first-order valence-corrected chi connectivity index (χ1v) is 9.54. The predicted molar refractivity (Wildman–Crippen MR) is 111 cm³/mol. The Balaban J connectivity index is 1.86. The number of rotatable bonds is 8. The average Bonchev–Trinajstić information content (AvgIpc) is 3.24. The van der Waals surface area contributed by atoms with Crippen LogP contribution in [0.2, 0.25) is 0 Å². The molecule has 27 heavy (non-hydrogen) atoms.